The molecule has 0 saturated carbocycles. The van der Waals surface area contributed by atoms with Crippen molar-refractivity contribution in [2.75, 3.05) is 0 Å². The highest BCUT2D eigenvalue weighted by Gasteiger charge is 2.10. The van der Waals surface area contributed by atoms with E-state index in [4.69, 9.17) is 0 Å². The van der Waals surface area contributed by atoms with Gasteiger partial charge < -0.3 is 9.88 Å². The first-order valence-electron chi connectivity index (χ1n) is 7.61. The van der Waals surface area contributed by atoms with E-state index in [1.807, 2.05) is 0 Å². The lowest BCUT2D eigenvalue weighted by Gasteiger charge is -2.17. The van der Waals surface area contributed by atoms with Crippen LogP contribution in [0.1, 0.15) is 30.5 Å². The summed E-state index contributed by atoms with van der Waals surface area (Å²) < 4.78 is 2.20. The molecule has 0 aliphatic rings. The molecule has 108 valence electrons. The zero-order valence-electron chi connectivity index (χ0n) is 12.7. The molecule has 0 bridgehead atoms. The third-order valence-electron chi connectivity index (χ3n) is 4.13. The van der Waals surface area contributed by atoms with Gasteiger partial charge in [0.25, 0.3) is 0 Å². The molecule has 0 amide bonds. The van der Waals surface area contributed by atoms with Crippen LogP contribution in [0.2, 0.25) is 0 Å². The number of fused-ring (bicyclic) bond motifs is 1. The van der Waals surface area contributed by atoms with Crippen molar-refractivity contribution in [2.45, 2.75) is 25.9 Å². The number of aryl methyl sites for hydroxylation is 1. The van der Waals surface area contributed by atoms with E-state index in [0.717, 1.165) is 13.0 Å². The third-order valence-corrected chi connectivity index (χ3v) is 4.13. The predicted molar refractivity (Wildman–Crippen MR) is 89.2 cm³/mol. The summed E-state index contributed by atoms with van der Waals surface area (Å²) in [5.74, 6) is 0. The number of hydrogen-bond acceptors (Lipinski definition) is 1. The molecule has 3 aromatic rings. The summed E-state index contributed by atoms with van der Waals surface area (Å²) in [6.07, 6.45) is 3.32. The van der Waals surface area contributed by atoms with Crippen molar-refractivity contribution in [1.82, 2.24) is 9.88 Å². The molecule has 0 aliphatic heterocycles. The molecule has 0 fully saturated rings. The summed E-state index contributed by atoms with van der Waals surface area (Å²) in [6.45, 7) is 3.13. The molecule has 2 aromatic carbocycles. The van der Waals surface area contributed by atoms with E-state index in [1.165, 1.54) is 22.0 Å². The molecule has 1 N–H and O–H groups in total. The molecule has 0 radical (unpaired) electrons. The minimum Gasteiger partial charge on any atom is -0.350 e. The van der Waals surface area contributed by atoms with E-state index in [0.29, 0.717) is 6.04 Å². The monoisotopic (exact) mass is 278 g/mol. The van der Waals surface area contributed by atoms with E-state index in [2.05, 4.69) is 84.6 Å². The van der Waals surface area contributed by atoms with Gasteiger partial charge in [0.2, 0.25) is 0 Å². The lowest BCUT2D eigenvalue weighted by Crippen LogP contribution is -2.20. The quantitative estimate of drug-likeness (QED) is 0.731. The van der Waals surface area contributed by atoms with E-state index < -0.39 is 0 Å². The molecular formula is C19H22N2. The molecule has 1 heterocycles. The Morgan fingerprint density at radius 3 is 2.48 bits per heavy atom. The molecule has 0 saturated heterocycles. The molecule has 1 atom stereocenters. The average Bonchev–Trinajstić information content (AvgIpc) is 2.86. The average molecular weight is 278 g/mol. The van der Waals surface area contributed by atoms with Gasteiger partial charge >= 0.3 is 0 Å². The van der Waals surface area contributed by atoms with Crippen LogP contribution < -0.4 is 5.32 Å². The first-order valence-corrected chi connectivity index (χ1v) is 7.61. The van der Waals surface area contributed by atoms with E-state index in [-0.39, 0.29) is 0 Å². The summed E-state index contributed by atoms with van der Waals surface area (Å²) in [5.41, 5.74) is 4.02. The van der Waals surface area contributed by atoms with Crippen LogP contribution in [0.3, 0.4) is 0 Å². The zero-order valence-corrected chi connectivity index (χ0v) is 12.7. The van der Waals surface area contributed by atoms with E-state index >= 15 is 0 Å². The Morgan fingerprint density at radius 2 is 1.71 bits per heavy atom. The van der Waals surface area contributed by atoms with Gasteiger partial charge in [-0.25, -0.2) is 0 Å². The van der Waals surface area contributed by atoms with Gasteiger partial charge in [-0.2, -0.15) is 0 Å². The van der Waals surface area contributed by atoms with E-state index in [9.17, 15) is 0 Å². The Bertz CT molecular complexity index is 713. The normalized spacial score (nSPS) is 12.7. The Kier molecular flexibility index (Phi) is 4.07. The summed E-state index contributed by atoms with van der Waals surface area (Å²) in [6, 6.07) is 19.7. The number of nitrogens with one attached hydrogen (secondary N) is 1. The van der Waals surface area contributed by atoms with Crippen LogP contribution in [-0.4, -0.2) is 4.57 Å². The Balaban J connectivity index is 1.80. The SMILES string of the molecule is CCC(NCc1cn(C)c2ccccc12)c1ccccc1. The van der Waals surface area contributed by atoms with Crippen LogP contribution in [0.5, 0.6) is 0 Å². The lowest BCUT2D eigenvalue weighted by atomic mass is 10.0. The maximum atomic E-state index is 3.69. The highest BCUT2D eigenvalue weighted by Crippen LogP contribution is 2.22. The molecule has 1 aromatic heterocycles. The predicted octanol–water partition coefficient (Wildman–Crippen LogP) is 4.42. The number of aromatic nitrogens is 1. The van der Waals surface area contributed by atoms with Gasteiger partial charge in [-0.1, -0.05) is 55.5 Å². The van der Waals surface area contributed by atoms with Gasteiger partial charge in [-0.3, -0.25) is 0 Å². The number of rotatable bonds is 5. The fourth-order valence-corrected chi connectivity index (χ4v) is 2.98. The van der Waals surface area contributed by atoms with Crippen LogP contribution in [0.25, 0.3) is 10.9 Å². The van der Waals surface area contributed by atoms with Crippen molar-refractivity contribution in [1.29, 1.82) is 0 Å². The van der Waals surface area contributed by atoms with Gasteiger partial charge in [0.1, 0.15) is 0 Å². The van der Waals surface area contributed by atoms with Crippen LogP contribution >= 0.6 is 0 Å². The third kappa shape index (κ3) is 2.86. The standard InChI is InChI=1S/C19H22N2/c1-3-18(15-9-5-4-6-10-15)20-13-16-14-21(2)19-12-8-7-11-17(16)19/h4-12,14,18,20H,3,13H2,1-2H3. The molecule has 2 heteroatoms. The molecule has 0 aliphatic carbocycles. The minimum atomic E-state index is 0.408. The summed E-state index contributed by atoms with van der Waals surface area (Å²) in [5, 5.41) is 5.04. The van der Waals surface area contributed by atoms with Gasteiger partial charge in [-0.05, 0) is 23.6 Å². The maximum Gasteiger partial charge on any atom is 0.0481 e. The van der Waals surface area contributed by atoms with Gasteiger partial charge in [0.15, 0.2) is 0 Å². The molecule has 21 heavy (non-hydrogen) atoms. The second kappa shape index (κ2) is 6.15. The maximum absolute atomic E-state index is 3.69. The summed E-state index contributed by atoms with van der Waals surface area (Å²) in [7, 11) is 2.11. The van der Waals surface area contributed by atoms with Crippen molar-refractivity contribution in [3.63, 3.8) is 0 Å². The molecular weight excluding hydrogens is 256 g/mol. The second-order valence-electron chi connectivity index (χ2n) is 5.53. The van der Waals surface area contributed by atoms with Crippen LogP contribution in [0, 0.1) is 0 Å². The minimum absolute atomic E-state index is 0.408. The fourth-order valence-electron chi connectivity index (χ4n) is 2.98. The first-order chi connectivity index (χ1) is 10.3. The van der Waals surface area contributed by atoms with Crippen molar-refractivity contribution in [3.8, 4) is 0 Å². The number of nitrogens with zero attached hydrogens (tertiary/aromatic N) is 1. The Labute approximate surface area is 126 Å². The highest BCUT2D eigenvalue weighted by molar-refractivity contribution is 5.83. The number of hydrogen-bond donors (Lipinski definition) is 1. The molecule has 2 nitrogen and oxygen atoms in total. The number of para-hydroxylation sites is 1. The zero-order chi connectivity index (χ0) is 14.7. The van der Waals surface area contributed by atoms with Crippen molar-refractivity contribution < 1.29 is 0 Å². The largest absolute Gasteiger partial charge is 0.350 e. The van der Waals surface area contributed by atoms with Gasteiger partial charge in [0, 0.05) is 36.7 Å². The summed E-state index contributed by atoms with van der Waals surface area (Å²) >= 11 is 0. The van der Waals surface area contributed by atoms with Gasteiger partial charge in [0.05, 0.1) is 0 Å². The van der Waals surface area contributed by atoms with Crippen LogP contribution in [-0.2, 0) is 13.6 Å². The number of benzene rings is 2. The molecule has 3 rings (SSSR count). The molecule has 1 unspecified atom stereocenters. The van der Waals surface area contributed by atoms with Crippen LogP contribution in [0.4, 0.5) is 0 Å². The molecule has 0 spiro atoms. The summed E-state index contributed by atoms with van der Waals surface area (Å²) in [4.78, 5) is 0. The Morgan fingerprint density at radius 1 is 1.00 bits per heavy atom. The van der Waals surface area contributed by atoms with E-state index in [1.54, 1.807) is 0 Å². The fraction of sp³-hybridized carbons (Fsp3) is 0.263. The van der Waals surface area contributed by atoms with Gasteiger partial charge in [-0.15, -0.1) is 0 Å². The highest BCUT2D eigenvalue weighted by atomic mass is 14.9. The lowest BCUT2D eigenvalue weighted by molar-refractivity contribution is 0.520. The Hall–Kier alpha value is -2.06. The topological polar surface area (TPSA) is 17.0 Å². The van der Waals surface area contributed by atoms with Crippen molar-refractivity contribution >= 4 is 10.9 Å². The smallest absolute Gasteiger partial charge is 0.0481 e. The first kappa shape index (κ1) is 13.9. The van der Waals surface area contributed by atoms with Crippen LogP contribution in [0.15, 0.2) is 60.8 Å². The van der Waals surface area contributed by atoms with Crippen molar-refractivity contribution in [2.24, 2.45) is 7.05 Å². The van der Waals surface area contributed by atoms with Crippen molar-refractivity contribution in [3.05, 3.63) is 71.9 Å². The second-order valence-corrected chi connectivity index (χ2v) is 5.53.